The molecule has 7 nitrogen and oxygen atoms in total. The van der Waals surface area contributed by atoms with Crippen LogP contribution in [0.5, 0.6) is 0 Å². The van der Waals surface area contributed by atoms with E-state index in [0.29, 0.717) is 17.2 Å². The Bertz CT molecular complexity index is 1100. The Hall–Kier alpha value is -2.74. The van der Waals surface area contributed by atoms with Crippen molar-refractivity contribution in [2.24, 2.45) is 5.92 Å². The van der Waals surface area contributed by atoms with Crippen molar-refractivity contribution >= 4 is 33.0 Å². The second-order valence-electron chi connectivity index (χ2n) is 7.39. The number of aromatic nitrogens is 3. The minimum Gasteiger partial charge on any atom is -0.346 e. The van der Waals surface area contributed by atoms with Gasteiger partial charge < -0.3 is 10.2 Å². The summed E-state index contributed by atoms with van der Waals surface area (Å²) in [5.74, 6) is -0.0889. The van der Waals surface area contributed by atoms with Crippen molar-refractivity contribution in [3.63, 3.8) is 0 Å². The summed E-state index contributed by atoms with van der Waals surface area (Å²) in [5.41, 5.74) is 3.70. The second-order valence-corrected chi connectivity index (χ2v) is 8.32. The van der Waals surface area contributed by atoms with Gasteiger partial charge in [-0.1, -0.05) is 17.4 Å². The molecule has 0 bridgehead atoms. The first kappa shape index (κ1) is 18.6. The van der Waals surface area contributed by atoms with Crippen LogP contribution in [-0.4, -0.2) is 33.6 Å². The van der Waals surface area contributed by atoms with Gasteiger partial charge in [-0.25, -0.2) is 4.98 Å². The number of anilines is 2. The first-order valence-corrected chi connectivity index (χ1v) is 10.2. The predicted octanol–water partition coefficient (Wildman–Crippen LogP) is 2.93. The van der Waals surface area contributed by atoms with Crippen LogP contribution in [0.25, 0.3) is 4.96 Å². The van der Waals surface area contributed by atoms with Gasteiger partial charge in [0.2, 0.25) is 16.0 Å². The molecule has 28 heavy (non-hydrogen) atoms. The molecule has 1 atom stereocenters. The topological polar surface area (TPSA) is 79.6 Å². The molecule has 3 heterocycles. The predicted molar refractivity (Wildman–Crippen MR) is 111 cm³/mol. The van der Waals surface area contributed by atoms with Gasteiger partial charge in [-0.2, -0.15) is 4.52 Å². The van der Waals surface area contributed by atoms with Gasteiger partial charge in [-0.05, 0) is 56.9 Å². The van der Waals surface area contributed by atoms with Crippen molar-refractivity contribution in [2.75, 3.05) is 23.3 Å². The number of hydrogen-bond acceptors (Lipinski definition) is 6. The quantitative estimate of drug-likeness (QED) is 0.735. The first-order chi connectivity index (χ1) is 13.4. The van der Waals surface area contributed by atoms with Crippen molar-refractivity contribution in [2.45, 2.75) is 33.6 Å². The number of carbonyl (C=O) groups is 1. The number of aryl methyl sites for hydroxylation is 3. The zero-order valence-corrected chi connectivity index (χ0v) is 17.0. The average molecular weight is 398 g/mol. The van der Waals surface area contributed by atoms with Crippen molar-refractivity contribution in [3.05, 3.63) is 51.4 Å². The normalized spacial score (nSPS) is 17.1. The van der Waals surface area contributed by atoms with E-state index in [1.54, 1.807) is 6.92 Å². The van der Waals surface area contributed by atoms with E-state index in [1.165, 1.54) is 27.5 Å². The van der Waals surface area contributed by atoms with Crippen molar-refractivity contribution in [1.29, 1.82) is 0 Å². The summed E-state index contributed by atoms with van der Waals surface area (Å²) in [6.07, 6.45) is 1.75. The lowest BCUT2D eigenvalue weighted by molar-refractivity contribution is -0.120. The molecular formula is C20H23N5O2S. The van der Waals surface area contributed by atoms with Gasteiger partial charge in [-0.3, -0.25) is 9.59 Å². The monoisotopic (exact) mass is 397 g/mol. The fourth-order valence-corrected chi connectivity index (χ4v) is 4.45. The number of fused-ring (bicyclic) bond motifs is 1. The Kier molecular flexibility index (Phi) is 4.89. The van der Waals surface area contributed by atoms with E-state index < -0.39 is 0 Å². The Morgan fingerprint density at radius 2 is 2.04 bits per heavy atom. The fraction of sp³-hybridized carbons (Fsp3) is 0.400. The smallest absolute Gasteiger partial charge is 0.275 e. The van der Waals surface area contributed by atoms with Gasteiger partial charge in [0.05, 0.1) is 5.92 Å². The zero-order valence-electron chi connectivity index (χ0n) is 16.2. The van der Waals surface area contributed by atoms with Gasteiger partial charge in [0, 0.05) is 30.5 Å². The molecule has 1 aromatic carbocycles. The Balaban J connectivity index is 1.51. The van der Waals surface area contributed by atoms with Crippen LogP contribution in [-0.2, 0) is 4.79 Å². The molecule has 3 aromatic rings. The van der Waals surface area contributed by atoms with E-state index in [4.69, 9.17) is 0 Å². The van der Waals surface area contributed by atoms with Crippen LogP contribution >= 0.6 is 11.3 Å². The number of hydrogen-bond donors (Lipinski definition) is 1. The third-order valence-corrected chi connectivity index (χ3v) is 6.17. The van der Waals surface area contributed by atoms with Crippen LogP contribution in [0.2, 0.25) is 0 Å². The highest BCUT2D eigenvalue weighted by molar-refractivity contribution is 7.20. The molecule has 0 radical (unpaired) electrons. The van der Waals surface area contributed by atoms with Crippen LogP contribution in [0.15, 0.2) is 29.1 Å². The van der Waals surface area contributed by atoms with Gasteiger partial charge in [-0.15, -0.1) is 5.10 Å². The number of nitrogens with one attached hydrogen (secondary N) is 1. The molecule has 1 N–H and O–H groups in total. The molecule has 1 saturated heterocycles. The van der Waals surface area contributed by atoms with E-state index in [1.807, 2.05) is 25.1 Å². The lowest BCUT2D eigenvalue weighted by Crippen LogP contribution is -2.40. The van der Waals surface area contributed by atoms with E-state index in [9.17, 15) is 9.59 Å². The first-order valence-electron chi connectivity index (χ1n) is 9.41. The minimum atomic E-state index is -0.175. The summed E-state index contributed by atoms with van der Waals surface area (Å²) in [4.78, 5) is 32.0. The third kappa shape index (κ3) is 3.64. The van der Waals surface area contributed by atoms with Crippen molar-refractivity contribution in [3.8, 4) is 0 Å². The molecule has 0 saturated carbocycles. The molecule has 8 heteroatoms. The highest BCUT2D eigenvalue weighted by atomic mass is 32.1. The Morgan fingerprint density at radius 3 is 2.82 bits per heavy atom. The number of rotatable bonds is 3. The van der Waals surface area contributed by atoms with Crippen LogP contribution in [0, 0.1) is 26.7 Å². The number of amides is 1. The highest BCUT2D eigenvalue weighted by Crippen LogP contribution is 2.27. The SMILES string of the molecule is Cc1cc(=O)n2nc(N3CCC[C@H](C(=O)Nc4ccc(C)c(C)c4)C3)sc2n1. The van der Waals surface area contributed by atoms with Gasteiger partial charge in [0.25, 0.3) is 5.56 Å². The molecule has 4 rings (SSSR count). The van der Waals surface area contributed by atoms with Gasteiger partial charge in [0.15, 0.2) is 0 Å². The maximum absolute atomic E-state index is 12.8. The van der Waals surface area contributed by atoms with Gasteiger partial charge >= 0.3 is 0 Å². The summed E-state index contributed by atoms with van der Waals surface area (Å²) in [6.45, 7) is 7.30. The molecule has 1 amide bonds. The minimum absolute atomic E-state index is 0.0280. The Morgan fingerprint density at radius 1 is 1.21 bits per heavy atom. The number of carbonyl (C=O) groups excluding carboxylic acids is 1. The molecule has 1 aliphatic rings. The molecule has 0 unspecified atom stereocenters. The fourth-order valence-electron chi connectivity index (χ4n) is 3.47. The van der Waals surface area contributed by atoms with Crippen LogP contribution in [0.3, 0.4) is 0 Å². The van der Waals surface area contributed by atoms with Crippen LogP contribution in [0.1, 0.15) is 29.7 Å². The lowest BCUT2D eigenvalue weighted by Gasteiger charge is -2.31. The molecule has 2 aromatic heterocycles. The molecule has 1 fully saturated rings. The largest absolute Gasteiger partial charge is 0.346 e. The Labute approximate surface area is 167 Å². The molecule has 1 aliphatic heterocycles. The third-order valence-electron chi connectivity index (χ3n) is 5.20. The summed E-state index contributed by atoms with van der Waals surface area (Å²) in [5, 5.41) is 8.21. The van der Waals surface area contributed by atoms with E-state index in [-0.39, 0.29) is 17.4 Å². The van der Waals surface area contributed by atoms with Crippen molar-refractivity contribution in [1.82, 2.24) is 14.6 Å². The van der Waals surface area contributed by atoms with Crippen LogP contribution < -0.4 is 15.8 Å². The van der Waals surface area contributed by atoms with Gasteiger partial charge in [0.1, 0.15) is 0 Å². The summed E-state index contributed by atoms with van der Waals surface area (Å²) in [7, 11) is 0. The highest BCUT2D eigenvalue weighted by Gasteiger charge is 2.28. The molecule has 0 aliphatic carbocycles. The summed E-state index contributed by atoms with van der Waals surface area (Å²) in [6, 6.07) is 7.44. The van der Waals surface area contributed by atoms with E-state index in [0.717, 1.165) is 35.8 Å². The second kappa shape index (κ2) is 7.35. The maximum Gasteiger partial charge on any atom is 0.275 e. The average Bonchev–Trinajstić information content (AvgIpc) is 3.09. The number of piperidine rings is 1. The zero-order chi connectivity index (χ0) is 19.8. The van der Waals surface area contributed by atoms with Crippen LogP contribution in [0.4, 0.5) is 10.8 Å². The molecule has 0 spiro atoms. The van der Waals surface area contributed by atoms with Crippen molar-refractivity contribution < 1.29 is 4.79 Å². The lowest BCUT2D eigenvalue weighted by atomic mass is 9.97. The summed E-state index contributed by atoms with van der Waals surface area (Å²) >= 11 is 1.39. The summed E-state index contributed by atoms with van der Waals surface area (Å²) < 4.78 is 1.34. The maximum atomic E-state index is 12.8. The molecular weight excluding hydrogens is 374 g/mol. The number of benzene rings is 1. The molecule has 146 valence electrons. The van der Waals surface area contributed by atoms with E-state index in [2.05, 4.69) is 27.2 Å². The number of nitrogens with zero attached hydrogens (tertiary/aromatic N) is 4. The van der Waals surface area contributed by atoms with E-state index >= 15 is 0 Å². The standard InChI is InChI=1S/C20H23N5O2S/c1-12-6-7-16(9-13(12)2)22-18(27)15-5-4-8-24(11-15)20-23-25-17(26)10-14(3)21-19(25)28-20/h6-7,9-10,15H,4-5,8,11H2,1-3H3,(H,22,27)/t15-/m0/s1.